The van der Waals surface area contributed by atoms with Gasteiger partial charge in [-0.2, -0.15) is 0 Å². The van der Waals surface area contributed by atoms with E-state index in [2.05, 4.69) is 47.8 Å². The molecular weight excluding hydrogens is 503 g/mol. The summed E-state index contributed by atoms with van der Waals surface area (Å²) in [7, 11) is 0. The highest BCUT2D eigenvalue weighted by molar-refractivity contribution is 14.0. The first-order valence-electron chi connectivity index (χ1n) is 7.31. The second-order valence-electron chi connectivity index (χ2n) is 4.80. The monoisotopic (exact) mass is 520 g/mol. The third-order valence-corrected chi connectivity index (χ3v) is 4.79. The minimum atomic E-state index is 0. The van der Waals surface area contributed by atoms with Crippen LogP contribution in [0.1, 0.15) is 17.6 Å². The number of thiophene rings is 1. The lowest BCUT2D eigenvalue weighted by Crippen LogP contribution is -2.36. The molecule has 0 aliphatic rings. The van der Waals surface area contributed by atoms with E-state index in [1.54, 1.807) is 11.3 Å². The fourth-order valence-corrected chi connectivity index (χ4v) is 3.53. The van der Waals surface area contributed by atoms with Crippen LogP contribution in [0.3, 0.4) is 0 Å². The number of aromatic nitrogens is 3. The number of hydrogen-bond acceptors (Lipinski definition) is 4. The quantitative estimate of drug-likeness (QED) is 0.307. The first-order chi connectivity index (χ1) is 11.3. The maximum absolute atomic E-state index is 4.59. The largest absolute Gasteiger partial charge is 0.357 e. The van der Waals surface area contributed by atoms with Gasteiger partial charge in [-0.05, 0) is 47.1 Å². The lowest BCUT2D eigenvalue weighted by atomic mass is 10.4. The zero-order chi connectivity index (χ0) is 16.1. The van der Waals surface area contributed by atoms with Gasteiger partial charge in [0.2, 0.25) is 0 Å². The van der Waals surface area contributed by atoms with Gasteiger partial charge in [-0.15, -0.1) is 45.5 Å². The minimum absolute atomic E-state index is 0. The lowest BCUT2D eigenvalue weighted by molar-refractivity contribution is 0.804. The van der Waals surface area contributed by atoms with E-state index in [1.807, 2.05) is 41.8 Å². The molecular formula is C15H18BrIN6S. The highest BCUT2D eigenvalue weighted by Gasteiger charge is 2.05. The Morgan fingerprint density at radius 3 is 2.88 bits per heavy atom. The molecule has 0 saturated heterocycles. The molecule has 0 bridgehead atoms. The van der Waals surface area contributed by atoms with Crippen molar-refractivity contribution in [2.75, 3.05) is 6.54 Å². The van der Waals surface area contributed by atoms with E-state index >= 15 is 0 Å². The Balaban J connectivity index is 0.00000208. The summed E-state index contributed by atoms with van der Waals surface area (Å²) < 4.78 is 3.08. The Labute approximate surface area is 169 Å². The number of pyridine rings is 1. The van der Waals surface area contributed by atoms with Crippen molar-refractivity contribution in [1.82, 2.24) is 25.2 Å². The highest BCUT2D eigenvalue weighted by atomic mass is 127. The standard InChI is InChI=1S/C15H17BrN6S.HI/c1-2-17-15(18-9-11-6-7-12(16)23-11)19-10-14-21-20-13-5-3-4-8-22(13)14;/h3-8H,2,9-10H2,1H3,(H2,17,18,19);1H. The van der Waals surface area contributed by atoms with Crippen LogP contribution in [0.5, 0.6) is 0 Å². The zero-order valence-electron chi connectivity index (χ0n) is 13.1. The van der Waals surface area contributed by atoms with E-state index in [0.29, 0.717) is 6.54 Å². The number of aliphatic imine (C=N–C) groups is 1. The van der Waals surface area contributed by atoms with Crippen molar-refractivity contribution in [2.45, 2.75) is 20.0 Å². The van der Waals surface area contributed by atoms with Gasteiger partial charge in [-0.25, -0.2) is 4.99 Å². The summed E-state index contributed by atoms with van der Waals surface area (Å²) in [6.45, 7) is 4.06. The van der Waals surface area contributed by atoms with Gasteiger partial charge in [-0.1, -0.05) is 6.07 Å². The summed E-state index contributed by atoms with van der Waals surface area (Å²) in [5, 5.41) is 14.9. The Morgan fingerprint density at radius 1 is 1.25 bits per heavy atom. The molecule has 24 heavy (non-hydrogen) atoms. The summed E-state index contributed by atoms with van der Waals surface area (Å²) in [4.78, 5) is 5.84. The summed E-state index contributed by atoms with van der Waals surface area (Å²) in [5.74, 6) is 1.58. The summed E-state index contributed by atoms with van der Waals surface area (Å²) in [5.41, 5.74) is 0.832. The van der Waals surface area contributed by atoms with Gasteiger partial charge >= 0.3 is 0 Å². The molecule has 128 valence electrons. The van der Waals surface area contributed by atoms with Crippen molar-refractivity contribution in [1.29, 1.82) is 0 Å². The third-order valence-electron chi connectivity index (χ3n) is 3.17. The van der Waals surface area contributed by atoms with Crippen LogP contribution in [0, 0.1) is 0 Å². The van der Waals surface area contributed by atoms with Crippen molar-refractivity contribution < 1.29 is 0 Å². The molecule has 0 amide bonds. The van der Waals surface area contributed by atoms with E-state index in [-0.39, 0.29) is 24.0 Å². The van der Waals surface area contributed by atoms with Crippen LogP contribution >= 0.6 is 51.2 Å². The number of rotatable bonds is 5. The number of fused-ring (bicyclic) bond motifs is 1. The molecule has 0 fully saturated rings. The average Bonchev–Trinajstić information content (AvgIpc) is 3.16. The first-order valence-corrected chi connectivity index (χ1v) is 8.92. The van der Waals surface area contributed by atoms with Gasteiger partial charge in [-0.3, -0.25) is 4.40 Å². The van der Waals surface area contributed by atoms with Crippen molar-refractivity contribution >= 4 is 62.9 Å². The fraction of sp³-hybridized carbons (Fsp3) is 0.267. The zero-order valence-corrected chi connectivity index (χ0v) is 17.8. The van der Waals surface area contributed by atoms with Crippen LogP contribution in [0.25, 0.3) is 5.65 Å². The van der Waals surface area contributed by atoms with Gasteiger partial charge in [0, 0.05) is 17.6 Å². The number of guanidine groups is 1. The minimum Gasteiger partial charge on any atom is -0.357 e. The topological polar surface area (TPSA) is 66.6 Å². The lowest BCUT2D eigenvalue weighted by Gasteiger charge is -2.10. The van der Waals surface area contributed by atoms with Gasteiger partial charge in [0.05, 0.1) is 10.3 Å². The molecule has 0 unspecified atom stereocenters. The van der Waals surface area contributed by atoms with Crippen LogP contribution in [0.2, 0.25) is 0 Å². The first kappa shape index (κ1) is 19.1. The van der Waals surface area contributed by atoms with Crippen molar-refractivity contribution in [3.63, 3.8) is 0 Å². The smallest absolute Gasteiger partial charge is 0.191 e. The molecule has 2 N–H and O–H groups in total. The van der Waals surface area contributed by atoms with E-state index < -0.39 is 0 Å². The second kappa shape index (κ2) is 9.33. The second-order valence-corrected chi connectivity index (χ2v) is 7.35. The SMILES string of the molecule is CCNC(=NCc1nnc2ccccn12)NCc1ccc(Br)s1.I. The maximum atomic E-state index is 4.59. The van der Waals surface area contributed by atoms with Crippen LogP contribution in [-0.2, 0) is 13.1 Å². The predicted octanol–water partition coefficient (Wildman–Crippen LogP) is 3.43. The molecule has 0 aliphatic carbocycles. The molecule has 0 aromatic carbocycles. The molecule has 0 saturated carbocycles. The van der Waals surface area contributed by atoms with Crippen LogP contribution < -0.4 is 10.6 Å². The van der Waals surface area contributed by atoms with Gasteiger partial charge in [0.25, 0.3) is 0 Å². The van der Waals surface area contributed by atoms with Gasteiger partial charge in [0.15, 0.2) is 17.4 Å². The molecule has 0 atom stereocenters. The number of nitrogens with one attached hydrogen (secondary N) is 2. The Kier molecular flexibility index (Phi) is 7.43. The summed E-state index contributed by atoms with van der Waals surface area (Å²) in [6, 6.07) is 9.98. The Hall–Kier alpha value is -1.20. The van der Waals surface area contributed by atoms with Crippen LogP contribution in [-0.4, -0.2) is 27.1 Å². The number of hydrogen-bond donors (Lipinski definition) is 2. The van der Waals surface area contributed by atoms with E-state index in [1.165, 1.54) is 4.88 Å². The molecule has 0 radical (unpaired) electrons. The van der Waals surface area contributed by atoms with E-state index in [4.69, 9.17) is 0 Å². The van der Waals surface area contributed by atoms with Crippen LogP contribution in [0.15, 0.2) is 45.3 Å². The summed E-state index contributed by atoms with van der Waals surface area (Å²) in [6.07, 6.45) is 1.95. The maximum Gasteiger partial charge on any atom is 0.191 e. The third kappa shape index (κ3) is 4.90. The Morgan fingerprint density at radius 2 is 2.12 bits per heavy atom. The highest BCUT2D eigenvalue weighted by Crippen LogP contribution is 2.21. The molecule has 9 heteroatoms. The molecule has 3 heterocycles. The molecule has 3 aromatic heterocycles. The van der Waals surface area contributed by atoms with Crippen molar-refractivity contribution in [3.05, 3.63) is 51.0 Å². The van der Waals surface area contributed by atoms with Gasteiger partial charge in [0.1, 0.15) is 6.54 Å². The van der Waals surface area contributed by atoms with Crippen LogP contribution in [0.4, 0.5) is 0 Å². The Bertz CT molecular complexity index is 815. The van der Waals surface area contributed by atoms with E-state index in [9.17, 15) is 0 Å². The molecule has 0 aliphatic heterocycles. The number of nitrogens with zero attached hydrogens (tertiary/aromatic N) is 4. The van der Waals surface area contributed by atoms with Crippen molar-refractivity contribution in [3.8, 4) is 0 Å². The molecule has 6 nitrogen and oxygen atoms in total. The number of halogens is 2. The normalized spacial score (nSPS) is 11.3. The van der Waals surface area contributed by atoms with E-state index in [0.717, 1.165) is 34.3 Å². The predicted molar refractivity (Wildman–Crippen MR) is 112 cm³/mol. The summed E-state index contributed by atoms with van der Waals surface area (Å²) >= 11 is 5.19. The molecule has 3 aromatic rings. The average molecular weight is 521 g/mol. The van der Waals surface area contributed by atoms with Crippen molar-refractivity contribution in [2.24, 2.45) is 4.99 Å². The molecule has 3 rings (SSSR count). The molecule has 0 spiro atoms. The fourth-order valence-electron chi connectivity index (χ4n) is 2.11. The van der Waals surface area contributed by atoms with Gasteiger partial charge < -0.3 is 10.6 Å².